The molecule has 1 rings (SSSR count). The quantitative estimate of drug-likeness (QED) is 0.589. The van der Waals surface area contributed by atoms with Crippen LogP contribution in [-0.4, -0.2) is 24.9 Å². The first kappa shape index (κ1) is 12.8. The van der Waals surface area contributed by atoms with Gasteiger partial charge in [0.25, 0.3) is 0 Å². The Morgan fingerprint density at radius 1 is 1.18 bits per heavy atom. The fourth-order valence-corrected chi connectivity index (χ4v) is 1.57. The van der Waals surface area contributed by atoms with Gasteiger partial charge in [0, 0.05) is 11.4 Å². The molecule has 0 aliphatic heterocycles. The summed E-state index contributed by atoms with van der Waals surface area (Å²) in [6.45, 7) is 1.70. The summed E-state index contributed by atoms with van der Waals surface area (Å²) in [5, 5.41) is 0. The highest BCUT2D eigenvalue weighted by molar-refractivity contribution is 5.85. The fourth-order valence-electron chi connectivity index (χ4n) is 1.57. The molecule has 0 aliphatic carbocycles. The number of hydrogen-bond donors (Lipinski definition) is 3. The fraction of sp³-hybridized carbons (Fsp3) is 0.273. The van der Waals surface area contributed by atoms with Crippen LogP contribution in [-0.2, 0) is 9.59 Å². The molecule has 6 nitrogen and oxygen atoms in total. The number of anilines is 2. The van der Waals surface area contributed by atoms with E-state index in [0.717, 1.165) is 5.56 Å². The zero-order valence-corrected chi connectivity index (χ0v) is 9.64. The standard InChI is InChI=1S/C11H16N4O2/c1-7-2-3-8(12)4-9(7)15(5-10(13)16)6-11(14)17/h2-4H,5-6,12H2,1H3,(H2,13,16)(H2,14,17). The van der Waals surface area contributed by atoms with Gasteiger partial charge >= 0.3 is 0 Å². The van der Waals surface area contributed by atoms with Gasteiger partial charge in [0.05, 0.1) is 13.1 Å². The SMILES string of the molecule is Cc1ccc(N)cc1N(CC(N)=O)CC(N)=O. The molecule has 0 spiro atoms. The van der Waals surface area contributed by atoms with Crippen molar-refractivity contribution >= 4 is 23.2 Å². The molecule has 0 unspecified atom stereocenters. The van der Waals surface area contributed by atoms with Crippen molar-refractivity contribution in [3.8, 4) is 0 Å². The number of aryl methyl sites for hydroxylation is 1. The van der Waals surface area contributed by atoms with Crippen LogP contribution in [0.4, 0.5) is 11.4 Å². The molecule has 0 fully saturated rings. The minimum absolute atomic E-state index is 0.0762. The second-order valence-electron chi connectivity index (χ2n) is 3.83. The monoisotopic (exact) mass is 236 g/mol. The lowest BCUT2D eigenvalue weighted by Gasteiger charge is -2.23. The third-order valence-corrected chi connectivity index (χ3v) is 2.27. The molecule has 0 heterocycles. The van der Waals surface area contributed by atoms with Crippen LogP contribution < -0.4 is 22.1 Å². The number of amides is 2. The molecule has 0 aromatic heterocycles. The Hall–Kier alpha value is -2.24. The minimum Gasteiger partial charge on any atom is -0.399 e. The normalized spacial score (nSPS) is 9.94. The number of nitrogens with two attached hydrogens (primary N) is 3. The summed E-state index contributed by atoms with van der Waals surface area (Å²) >= 11 is 0. The van der Waals surface area contributed by atoms with Crippen molar-refractivity contribution in [1.29, 1.82) is 0 Å². The third-order valence-electron chi connectivity index (χ3n) is 2.27. The number of carbonyl (C=O) groups is 2. The Balaban J connectivity index is 3.06. The maximum atomic E-state index is 11.0. The molecule has 2 amide bonds. The van der Waals surface area contributed by atoms with Gasteiger partial charge in [-0.3, -0.25) is 9.59 Å². The molecule has 0 bridgehead atoms. The molecule has 6 heteroatoms. The maximum Gasteiger partial charge on any atom is 0.236 e. The molecule has 6 N–H and O–H groups in total. The lowest BCUT2D eigenvalue weighted by atomic mass is 10.1. The Morgan fingerprint density at radius 3 is 2.18 bits per heavy atom. The summed E-state index contributed by atoms with van der Waals surface area (Å²) in [5.74, 6) is -1.07. The van der Waals surface area contributed by atoms with Crippen molar-refractivity contribution in [2.24, 2.45) is 11.5 Å². The number of hydrogen-bond acceptors (Lipinski definition) is 4. The average Bonchev–Trinajstić information content (AvgIpc) is 2.19. The van der Waals surface area contributed by atoms with Gasteiger partial charge in [-0.15, -0.1) is 0 Å². The van der Waals surface area contributed by atoms with Crippen molar-refractivity contribution < 1.29 is 9.59 Å². The van der Waals surface area contributed by atoms with Gasteiger partial charge in [-0.1, -0.05) is 6.07 Å². The number of carbonyl (C=O) groups excluding carboxylic acids is 2. The van der Waals surface area contributed by atoms with Crippen LogP contribution in [0.1, 0.15) is 5.56 Å². The van der Waals surface area contributed by atoms with Crippen LogP contribution >= 0.6 is 0 Å². The number of primary amides is 2. The van der Waals surface area contributed by atoms with E-state index in [2.05, 4.69) is 0 Å². The molecule has 1 aromatic carbocycles. The Labute approximate surface area is 99.4 Å². The largest absolute Gasteiger partial charge is 0.399 e. The van der Waals surface area contributed by atoms with E-state index in [1.807, 2.05) is 6.92 Å². The van der Waals surface area contributed by atoms with Gasteiger partial charge in [-0.05, 0) is 24.6 Å². The van der Waals surface area contributed by atoms with Crippen molar-refractivity contribution in [1.82, 2.24) is 0 Å². The van der Waals surface area contributed by atoms with E-state index in [0.29, 0.717) is 11.4 Å². The van der Waals surface area contributed by atoms with Crippen LogP contribution in [0.25, 0.3) is 0 Å². The van der Waals surface area contributed by atoms with Crippen molar-refractivity contribution in [3.63, 3.8) is 0 Å². The molecular weight excluding hydrogens is 220 g/mol. The zero-order valence-electron chi connectivity index (χ0n) is 9.64. The van der Waals surface area contributed by atoms with Crippen molar-refractivity contribution in [2.75, 3.05) is 23.7 Å². The van der Waals surface area contributed by atoms with Crippen LogP contribution in [0.5, 0.6) is 0 Å². The molecule has 0 aliphatic rings. The highest BCUT2D eigenvalue weighted by Crippen LogP contribution is 2.22. The number of benzene rings is 1. The summed E-state index contributed by atoms with van der Waals surface area (Å²) in [4.78, 5) is 23.4. The molecule has 0 saturated heterocycles. The second-order valence-corrected chi connectivity index (χ2v) is 3.83. The number of nitrogens with zero attached hydrogens (tertiary/aromatic N) is 1. The van der Waals surface area contributed by atoms with E-state index in [-0.39, 0.29) is 13.1 Å². The van der Waals surface area contributed by atoms with Crippen LogP contribution in [0, 0.1) is 6.92 Å². The summed E-state index contributed by atoms with van der Waals surface area (Å²) < 4.78 is 0. The van der Waals surface area contributed by atoms with Gasteiger partial charge in [0.1, 0.15) is 0 Å². The second kappa shape index (κ2) is 5.20. The first-order valence-corrected chi connectivity index (χ1v) is 5.08. The summed E-state index contributed by atoms with van der Waals surface area (Å²) in [6.07, 6.45) is 0. The molecule has 17 heavy (non-hydrogen) atoms. The minimum atomic E-state index is -0.534. The van der Waals surface area contributed by atoms with Crippen LogP contribution in [0.15, 0.2) is 18.2 Å². The van der Waals surface area contributed by atoms with E-state index in [9.17, 15) is 9.59 Å². The van der Waals surface area contributed by atoms with Gasteiger partial charge in [0.15, 0.2) is 0 Å². The Kier molecular flexibility index (Phi) is 3.92. The molecule has 0 atom stereocenters. The molecular formula is C11H16N4O2. The molecule has 0 saturated carbocycles. The van der Waals surface area contributed by atoms with E-state index < -0.39 is 11.8 Å². The summed E-state index contributed by atoms with van der Waals surface area (Å²) in [5.41, 5.74) is 18.0. The van der Waals surface area contributed by atoms with Crippen molar-refractivity contribution in [2.45, 2.75) is 6.92 Å². The summed E-state index contributed by atoms with van der Waals surface area (Å²) in [6, 6.07) is 5.23. The average molecular weight is 236 g/mol. The van der Waals surface area contributed by atoms with Gasteiger partial charge < -0.3 is 22.1 Å². The maximum absolute atomic E-state index is 11.0. The van der Waals surface area contributed by atoms with Gasteiger partial charge in [-0.25, -0.2) is 0 Å². The van der Waals surface area contributed by atoms with Crippen LogP contribution in [0.2, 0.25) is 0 Å². The van der Waals surface area contributed by atoms with E-state index >= 15 is 0 Å². The predicted octanol–water partition coefficient (Wildman–Crippen LogP) is -0.646. The lowest BCUT2D eigenvalue weighted by Crippen LogP contribution is -2.40. The molecule has 1 aromatic rings. The first-order valence-electron chi connectivity index (χ1n) is 5.08. The third kappa shape index (κ3) is 3.67. The van der Waals surface area contributed by atoms with E-state index in [4.69, 9.17) is 17.2 Å². The van der Waals surface area contributed by atoms with E-state index in [1.54, 1.807) is 18.2 Å². The molecule has 92 valence electrons. The topological polar surface area (TPSA) is 115 Å². The number of nitrogen functional groups attached to an aromatic ring is 1. The lowest BCUT2D eigenvalue weighted by molar-refractivity contribution is -0.117. The van der Waals surface area contributed by atoms with E-state index in [1.165, 1.54) is 4.90 Å². The predicted molar refractivity (Wildman–Crippen MR) is 66.2 cm³/mol. The zero-order chi connectivity index (χ0) is 13.0. The Morgan fingerprint density at radius 2 is 1.71 bits per heavy atom. The summed E-state index contributed by atoms with van der Waals surface area (Å²) in [7, 11) is 0. The van der Waals surface area contributed by atoms with Gasteiger partial charge in [-0.2, -0.15) is 0 Å². The highest BCUT2D eigenvalue weighted by atomic mass is 16.2. The molecule has 0 radical (unpaired) electrons. The smallest absolute Gasteiger partial charge is 0.236 e. The number of rotatable bonds is 5. The van der Waals surface area contributed by atoms with Gasteiger partial charge in [0.2, 0.25) is 11.8 Å². The van der Waals surface area contributed by atoms with Crippen molar-refractivity contribution in [3.05, 3.63) is 23.8 Å². The Bertz CT molecular complexity index is 429. The first-order chi connectivity index (χ1) is 7.90. The van der Waals surface area contributed by atoms with Crippen LogP contribution in [0.3, 0.4) is 0 Å². The highest BCUT2D eigenvalue weighted by Gasteiger charge is 2.14.